The zero-order valence-electron chi connectivity index (χ0n) is 9.80. The third kappa shape index (κ3) is 5.63. The second-order valence-electron chi connectivity index (χ2n) is 3.70. The van der Waals surface area contributed by atoms with E-state index in [1.807, 2.05) is 0 Å². The second kappa shape index (κ2) is 7.66. The summed E-state index contributed by atoms with van der Waals surface area (Å²) in [6.07, 6.45) is -0.0886. The number of rotatable bonds is 8. The fraction of sp³-hybridized carbons (Fsp3) is 0.308. The highest BCUT2D eigenvalue weighted by atomic mass is 32.2. The topological polar surface area (TPSA) is 71.4 Å². The predicted octanol–water partition coefficient (Wildman–Crippen LogP) is 2.04. The lowest BCUT2D eigenvalue weighted by molar-refractivity contribution is -0.136. The van der Waals surface area contributed by atoms with E-state index >= 15 is 0 Å². The van der Waals surface area contributed by atoms with E-state index < -0.39 is 5.97 Å². The molecule has 0 aliphatic rings. The van der Waals surface area contributed by atoms with Gasteiger partial charge in [-0.15, -0.1) is 0 Å². The molecule has 4 nitrogen and oxygen atoms in total. The van der Waals surface area contributed by atoms with Crippen molar-refractivity contribution in [3.05, 3.63) is 35.9 Å². The number of carbonyl (C=O) groups is 3. The van der Waals surface area contributed by atoms with Crippen LogP contribution in [0.4, 0.5) is 0 Å². The molecule has 18 heavy (non-hydrogen) atoms. The molecule has 0 unspecified atom stereocenters. The SMILES string of the molecule is O=C(O)CCSCC(=O)CC(=O)c1ccccc1. The van der Waals surface area contributed by atoms with Crippen molar-refractivity contribution < 1.29 is 19.5 Å². The molecule has 0 heterocycles. The molecule has 1 N–H and O–H groups in total. The Morgan fingerprint density at radius 2 is 1.78 bits per heavy atom. The van der Waals surface area contributed by atoms with Gasteiger partial charge in [-0.3, -0.25) is 14.4 Å². The van der Waals surface area contributed by atoms with Crippen molar-refractivity contribution in [2.45, 2.75) is 12.8 Å². The molecule has 0 amide bonds. The average Bonchev–Trinajstić information content (AvgIpc) is 2.35. The number of carboxylic acid groups (broad SMARTS) is 1. The van der Waals surface area contributed by atoms with Gasteiger partial charge in [0.2, 0.25) is 0 Å². The number of carbonyl (C=O) groups excluding carboxylic acids is 2. The van der Waals surface area contributed by atoms with Crippen LogP contribution in [0.15, 0.2) is 30.3 Å². The molecule has 0 bridgehead atoms. The molecule has 0 aliphatic heterocycles. The standard InChI is InChI=1S/C13H14O4S/c14-11(9-18-7-6-13(16)17)8-12(15)10-4-2-1-3-5-10/h1-5H,6-9H2,(H,16,17). The van der Waals surface area contributed by atoms with Gasteiger partial charge in [-0.25, -0.2) is 0 Å². The molecule has 1 rings (SSSR count). The molecule has 0 saturated heterocycles. The van der Waals surface area contributed by atoms with E-state index in [1.165, 1.54) is 11.8 Å². The van der Waals surface area contributed by atoms with Gasteiger partial charge in [0.15, 0.2) is 5.78 Å². The highest BCUT2D eigenvalue weighted by Gasteiger charge is 2.11. The lowest BCUT2D eigenvalue weighted by Crippen LogP contribution is -2.10. The highest BCUT2D eigenvalue weighted by Crippen LogP contribution is 2.08. The first-order valence-electron chi connectivity index (χ1n) is 5.49. The van der Waals surface area contributed by atoms with Gasteiger partial charge in [0.25, 0.3) is 0 Å². The Kier molecular flexibility index (Phi) is 6.14. The highest BCUT2D eigenvalue weighted by molar-refractivity contribution is 7.99. The van der Waals surface area contributed by atoms with Crippen LogP contribution in [-0.2, 0) is 9.59 Å². The molecule has 1 aromatic rings. The third-order valence-corrected chi connectivity index (χ3v) is 3.20. The summed E-state index contributed by atoms with van der Waals surface area (Å²) in [5.74, 6) is -0.666. The Hall–Kier alpha value is -1.62. The monoisotopic (exact) mass is 266 g/mol. The van der Waals surface area contributed by atoms with E-state index in [-0.39, 0.29) is 30.2 Å². The van der Waals surface area contributed by atoms with Crippen molar-refractivity contribution in [3.63, 3.8) is 0 Å². The van der Waals surface area contributed by atoms with Crippen molar-refractivity contribution in [2.24, 2.45) is 0 Å². The Morgan fingerprint density at radius 1 is 1.11 bits per heavy atom. The van der Waals surface area contributed by atoms with E-state index in [9.17, 15) is 14.4 Å². The van der Waals surface area contributed by atoms with Crippen molar-refractivity contribution in [3.8, 4) is 0 Å². The van der Waals surface area contributed by atoms with Gasteiger partial charge >= 0.3 is 5.97 Å². The van der Waals surface area contributed by atoms with Gasteiger partial charge in [-0.1, -0.05) is 30.3 Å². The van der Waals surface area contributed by atoms with E-state index in [2.05, 4.69) is 0 Å². The predicted molar refractivity (Wildman–Crippen MR) is 70.0 cm³/mol. The molecule has 5 heteroatoms. The van der Waals surface area contributed by atoms with Crippen molar-refractivity contribution in [1.29, 1.82) is 0 Å². The van der Waals surface area contributed by atoms with Gasteiger partial charge in [0, 0.05) is 11.3 Å². The third-order valence-electron chi connectivity index (χ3n) is 2.18. The minimum absolute atomic E-state index is 0.0323. The summed E-state index contributed by atoms with van der Waals surface area (Å²) in [6.45, 7) is 0. The molecule has 0 spiro atoms. The molecule has 0 saturated carbocycles. The summed E-state index contributed by atoms with van der Waals surface area (Å²) < 4.78 is 0. The summed E-state index contributed by atoms with van der Waals surface area (Å²) in [6, 6.07) is 8.65. The normalized spacial score (nSPS) is 10.0. The first-order chi connectivity index (χ1) is 8.59. The first kappa shape index (κ1) is 14.4. The summed E-state index contributed by atoms with van der Waals surface area (Å²) >= 11 is 1.24. The van der Waals surface area contributed by atoms with Crippen LogP contribution >= 0.6 is 11.8 Å². The average molecular weight is 266 g/mol. The van der Waals surface area contributed by atoms with Gasteiger partial charge in [0.1, 0.15) is 5.78 Å². The van der Waals surface area contributed by atoms with Crippen LogP contribution < -0.4 is 0 Å². The van der Waals surface area contributed by atoms with Crippen LogP contribution in [-0.4, -0.2) is 34.1 Å². The number of benzene rings is 1. The summed E-state index contributed by atoms with van der Waals surface area (Å²) in [5.41, 5.74) is 0.529. The second-order valence-corrected chi connectivity index (χ2v) is 4.81. The molecular weight excluding hydrogens is 252 g/mol. The largest absolute Gasteiger partial charge is 0.481 e. The minimum atomic E-state index is -0.879. The van der Waals surface area contributed by atoms with E-state index in [0.29, 0.717) is 11.3 Å². The molecular formula is C13H14O4S. The summed E-state index contributed by atoms with van der Waals surface area (Å²) in [5, 5.41) is 8.42. The van der Waals surface area contributed by atoms with Crippen LogP contribution in [0, 0.1) is 0 Å². The van der Waals surface area contributed by atoms with Gasteiger partial charge in [0.05, 0.1) is 18.6 Å². The Bertz CT molecular complexity index is 428. The van der Waals surface area contributed by atoms with Crippen molar-refractivity contribution in [2.75, 3.05) is 11.5 Å². The minimum Gasteiger partial charge on any atom is -0.481 e. The molecule has 0 fully saturated rings. The van der Waals surface area contributed by atoms with E-state index in [1.54, 1.807) is 30.3 Å². The number of hydrogen-bond donors (Lipinski definition) is 1. The van der Waals surface area contributed by atoms with Crippen LogP contribution in [0.1, 0.15) is 23.2 Å². The smallest absolute Gasteiger partial charge is 0.304 e. The van der Waals surface area contributed by atoms with Gasteiger partial charge in [-0.05, 0) is 0 Å². The molecule has 1 aromatic carbocycles. The molecule has 96 valence electrons. The van der Waals surface area contributed by atoms with E-state index in [0.717, 1.165) is 0 Å². The number of Topliss-reactive ketones (excluding diaryl/α,β-unsaturated/α-hetero) is 2. The van der Waals surface area contributed by atoms with Crippen molar-refractivity contribution in [1.82, 2.24) is 0 Å². The van der Waals surface area contributed by atoms with Crippen LogP contribution in [0.5, 0.6) is 0 Å². The summed E-state index contributed by atoms with van der Waals surface area (Å²) in [7, 11) is 0. The van der Waals surface area contributed by atoms with Crippen LogP contribution in [0.3, 0.4) is 0 Å². The molecule has 0 aliphatic carbocycles. The van der Waals surface area contributed by atoms with Crippen LogP contribution in [0.25, 0.3) is 0 Å². The molecule has 0 atom stereocenters. The van der Waals surface area contributed by atoms with Gasteiger partial charge in [-0.2, -0.15) is 11.8 Å². The Morgan fingerprint density at radius 3 is 2.39 bits per heavy atom. The number of aliphatic carboxylic acids is 1. The number of carboxylic acids is 1. The lowest BCUT2D eigenvalue weighted by Gasteiger charge is -2.00. The van der Waals surface area contributed by atoms with Gasteiger partial charge < -0.3 is 5.11 Å². The Labute approximate surface area is 109 Å². The molecule has 0 radical (unpaired) electrons. The zero-order valence-corrected chi connectivity index (χ0v) is 10.6. The Balaban J connectivity index is 2.28. The maximum atomic E-state index is 11.7. The first-order valence-corrected chi connectivity index (χ1v) is 6.64. The fourth-order valence-corrected chi connectivity index (χ4v) is 2.09. The molecule has 0 aromatic heterocycles. The quantitative estimate of drug-likeness (QED) is 0.443. The fourth-order valence-electron chi connectivity index (χ4n) is 1.30. The number of ketones is 2. The zero-order chi connectivity index (χ0) is 13.4. The van der Waals surface area contributed by atoms with E-state index in [4.69, 9.17) is 5.11 Å². The number of hydrogen-bond acceptors (Lipinski definition) is 4. The maximum Gasteiger partial charge on any atom is 0.304 e. The van der Waals surface area contributed by atoms with Crippen molar-refractivity contribution >= 4 is 29.3 Å². The number of thioether (sulfide) groups is 1. The maximum absolute atomic E-state index is 11.7. The summed E-state index contributed by atoms with van der Waals surface area (Å²) in [4.78, 5) is 33.4. The lowest BCUT2D eigenvalue weighted by atomic mass is 10.1. The van der Waals surface area contributed by atoms with Crippen LogP contribution in [0.2, 0.25) is 0 Å².